The van der Waals surface area contributed by atoms with Gasteiger partial charge in [0.2, 0.25) is 0 Å². The van der Waals surface area contributed by atoms with Crippen LogP contribution < -0.4 is 18.9 Å². The average molecular weight is 316 g/mol. The van der Waals surface area contributed by atoms with Gasteiger partial charge in [-0.25, -0.2) is 4.18 Å². The molecule has 0 aromatic rings. The van der Waals surface area contributed by atoms with Crippen LogP contribution in [0.1, 0.15) is 91.8 Å². The summed E-state index contributed by atoms with van der Waals surface area (Å²) in [4.78, 5) is 0. The van der Waals surface area contributed by atoms with E-state index in [2.05, 4.69) is 11.1 Å². The number of rotatable bonds is 15. The average Bonchev–Trinajstić information content (AvgIpc) is 2.38. The molecule has 0 radical (unpaired) electrons. The van der Waals surface area contributed by atoms with E-state index in [1.807, 2.05) is 0 Å². The molecule has 0 fully saturated rings. The second kappa shape index (κ2) is 16.8. The SMILES string of the molecule is CCCCCCCCCCCCCCCOS(=O)(=O)O.[H-].[Li+]. The molecule has 21 heavy (non-hydrogen) atoms. The van der Waals surface area contributed by atoms with E-state index in [0.717, 1.165) is 12.8 Å². The fourth-order valence-corrected chi connectivity index (χ4v) is 2.61. The molecule has 0 amide bonds. The Morgan fingerprint density at radius 3 is 1.43 bits per heavy atom. The van der Waals surface area contributed by atoms with E-state index in [1.165, 1.54) is 64.2 Å². The molecule has 0 atom stereocenters. The standard InChI is InChI=1S/C15H32O4S.Li.H/c1-2-3-4-5-6-7-8-9-10-11-12-13-14-15-19-20(16,17)18;;/h2-15H2,1H3,(H,16,17,18);;/q;+1;-1. The molecule has 6 heteroatoms. The van der Waals surface area contributed by atoms with Crippen molar-refractivity contribution in [3.63, 3.8) is 0 Å². The number of hydrogen-bond acceptors (Lipinski definition) is 3. The van der Waals surface area contributed by atoms with Gasteiger partial charge in [-0.2, -0.15) is 8.42 Å². The maximum Gasteiger partial charge on any atom is 1.00 e. The van der Waals surface area contributed by atoms with Crippen molar-refractivity contribution in [1.82, 2.24) is 0 Å². The molecule has 0 spiro atoms. The first-order chi connectivity index (χ1) is 9.56. The number of hydrogen-bond donors (Lipinski definition) is 1. The topological polar surface area (TPSA) is 63.6 Å². The van der Waals surface area contributed by atoms with Crippen LogP contribution in [0.5, 0.6) is 0 Å². The molecule has 0 heterocycles. The first kappa shape index (κ1) is 23.7. The van der Waals surface area contributed by atoms with Crippen molar-refractivity contribution in [2.24, 2.45) is 0 Å². The van der Waals surface area contributed by atoms with Gasteiger partial charge >= 0.3 is 29.3 Å². The van der Waals surface area contributed by atoms with Gasteiger partial charge in [0.05, 0.1) is 6.61 Å². The van der Waals surface area contributed by atoms with Crippen LogP contribution in [-0.2, 0) is 14.6 Å². The summed E-state index contributed by atoms with van der Waals surface area (Å²) in [6.07, 6.45) is 16.1. The van der Waals surface area contributed by atoms with Crippen molar-refractivity contribution in [1.29, 1.82) is 0 Å². The molecule has 0 aromatic heterocycles. The molecule has 0 aromatic carbocycles. The van der Waals surface area contributed by atoms with E-state index in [4.69, 9.17) is 4.55 Å². The van der Waals surface area contributed by atoms with Crippen LogP contribution in [0.15, 0.2) is 0 Å². The van der Waals surface area contributed by atoms with E-state index in [1.54, 1.807) is 0 Å². The van der Waals surface area contributed by atoms with Gasteiger partial charge in [-0.1, -0.05) is 84.0 Å². The van der Waals surface area contributed by atoms with Gasteiger partial charge < -0.3 is 1.43 Å². The predicted octanol–water partition coefficient (Wildman–Crippen LogP) is 2.01. The third kappa shape index (κ3) is 22.9. The van der Waals surface area contributed by atoms with Crippen molar-refractivity contribution in [3.05, 3.63) is 0 Å². The molecule has 124 valence electrons. The molecule has 0 aliphatic rings. The molecule has 0 unspecified atom stereocenters. The van der Waals surface area contributed by atoms with Gasteiger partial charge in [-0.05, 0) is 6.42 Å². The molecule has 0 aliphatic heterocycles. The Morgan fingerprint density at radius 1 is 0.762 bits per heavy atom. The van der Waals surface area contributed by atoms with Gasteiger partial charge in [0.1, 0.15) is 0 Å². The minimum absolute atomic E-state index is 0. The third-order valence-corrected chi connectivity index (χ3v) is 3.94. The van der Waals surface area contributed by atoms with Crippen molar-refractivity contribution in [3.8, 4) is 0 Å². The maximum absolute atomic E-state index is 10.3. The van der Waals surface area contributed by atoms with E-state index in [9.17, 15) is 8.42 Å². The normalized spacial score (nSPS) is 11.3. The van der Waals surface area contributed by atoms with Crippen molar-refractivity contribution >= 4 is 10.4 Å². The molecule has 4 nitrogen and oxygen atoms in total. The number of unbranched alkanes of at least 4 members (excludes halogenated alkanes) is 12. The fourth-order valence-electron chi connectivity index (χ4n) is 2.28. The fraction of sp³-hybridized carbons (Fsp3) is 1.00. The summed E-state index contributed by atoms with van der Waals surface area (Å²) in [5, 5.41) is 0. The van der Waals surface area contributed by atoms with Crippen LogP contribution in [0.4, 0.5) is 0 Å². The van der Waals surface area contributed by atoms with E-state index in [-0.39, 0.29) is 26.9 Å². The molecular formula is C15H33LiO4S. The van der Waals surface area contributed by atoms with Crippen LogP contribution >= 0.6 is 0 Å². The summed E-state index contributed by atoms with van der Waals surface area (Å²) in [6.45, 7) is 2.34. The quantitative estimate of drug-likeness (QED) is 0.285. The molecule has 0 bridgehead atoms. The monoisotopic (exact) mass is 316 g/mol. The molecule has 1 N–H and O–H groups in total. The van der Waals surface area contributed by atoms with Gasteiger partial charge in [0.25, 0.3) is 0 Å². The Morgan fingerprint density at radius 2 is 1.10 bits per heavy atom. The Labute approximate surface area is 145 Å². The van der Waals surface area contributed by atoms with Gasteiger partial charge in [0, 0.05) is 0 Å². The van der Waals surface area contributed by atoms with Crippen molar-refractivity contribution < 1.29 is 37.4 Å². The second-order valence-electron chi connectivity index (χ2n) is 5.49. The zero-order valence-electron chi connectivity index (χ0n) is 15.0. The van der Waals surface area contributed by atoms with Gasteiger partial charge in [-0.15, -0.1) is 0 Å². The third-order valence-electron chi connectivity index (χ3n) is 3.48. The van der Waals surface area contributed by atoms with E-state index >= 15 is 0 Å². The Bertz CT molecular complexity index is 300. The first-order valence-electron chi connectivity index (χ1n) is 8.18. The summed E-state index contributed by atoms with van der Waals surface area (Å²) in [7, 11) is -4.24. The van der Waals surface area contributed by atoms with Crippen LogP contribution in [-0.4, -0.2) is 19.6 Å². The van der Waals surface area contributed by atoms with E-state index < -0.39 is 10.4 Å². The van der Waals surface area contributed by atoms with Crippen molar-refractivity contribution in [2.75, 3.05) is 6.61 Å². The smallest absolute Gasteiger partial charge is 1.00 e. The largest absolute Gasteiger partial charge is 1.00 e. The molecule has 0 saturated heterocycles. The maximum atomic E-state index is 10.3. The summed E-state index contributed by atoms with van der Waals surface area (Å²) in [5.74, 6) is 0. The minimum atomic E-state index is -4.24. The minimum Gasteiger partial charge on any atom is -1.00 e. The Balaban J connectivity index is -0.00000180. The van der Waals surface area contributed by atoms with Crippen LogP contribution in [0.2, 0.25) is 0 Å². The zero-order chi connectivity index (χ0) is 15.1. The molecule has 0 aliphatic carbocycles. The summed E-state index contributed by atoms with van der Waals surface area (Å²) < 4.78 is 33.2. The Hall–Kier alpha value is 0.467. The van der Waals surface area contributed by atoms with Gasteiger partial charge in [-0.3, -0.25) is 4.55 Å². The zero-order valence-corrected chi connectivity index (χ0v) is 14.8. The summed E-state index contributed by atoms with van der Waals surface area (Å²) >= 11 is 0. The van der Waals surface area contributed by atoms with Crippen LogP contribution in [0, 0.1) is 0 Å². The van der Waals surface area contributed by atoms with Gasteiger partial charge in [0.15, 0.2) is 0 Å². The first-order valence-corrected chi connectivity index (χ1v) is 9.54. The molecule has 0 rings (SSSR count). The Kier molecular flexibility index (Phi) is 19.0. The van der Waals surface area contributed by atoms with Crippen LogP contribution in [0.25, 0.3) is 0 Å². The van der Waals surface area contributed by atoms with Crippen molar-refractivity contribution in [2.45, 2.75) is 90.4 Å². The van der Waals surface area contributed by atoms with Crippen LogP contribution in [0.3, 0.4) is 0 Å². The summed E-state index contributed by atoms with van der Waals surface area (Å²) in [6, 6.07) is 0. The molecule has 0 saturated carbocycles. The van der Waals surface area contributed by atoms with E-state index in [0.29, 0.717) is 6.42 Å². The molecular weight excluding hydrogens is 283 g/mol. The predicted molar refractivity (Wildman–Crippen MR) is 84.3 cm³/mol. The summed E-state index contributed by atoms with van der Waals surface area (Å²) in [5.41, 5.74) is 0. The second-order valence-corrected chi connectivity index (χ2v) is 6.58.